The summed E-state index contributed by atoms with van der Waals surface area (Å²) in [6, 6.07) is 8.81. The van der Waals surface area contributed by atoms with Gasteiger partial charge in [0.05, 0.1) is 0 Å². The third-order valence-electron chi connectivity index (χ3n) is 2.90. The van der Waals surface area contributed by atoms with Gasteiger partial charge < -0.3 is 4.74 Å². The fourth-order valence-corrected chi connectivity index (χ4v) is 2.56. The molecular formula is C13H17Br2NO. The van der Waals surface area contributed by atoms with Crippen molar-refractivity contribution in [2.45, 2.75) is 18.9 Å². The minimum absolute atomic E-state index is 0.769. The first-order valence-corrected chi connectivity index (χ1v) is 7.89. The molecule has 0 saturated heterocycles. The number of halogens is 2. The smallest absolute Gasteiger partial charge is 0.119 e. The molecule has 4 heteroatoms. The highest BCUT2D eigenvalue weighted by Gasteiger charge is 2.27. The van der Waals surface area contributed by atoms with E-state index in [2.05, 4.69) is 36.8 Å². The number of nitrogens with zero attached hydrogens (tertiary/aromatic N) is 1. The van der Waals surface area contributed by atoms with Crippen LogP contribution in [0, 0.1) is 0 Å². The quantitative estimate of drug-likeness (QED) is 0.686. The molecule has 1 saturated carbocycles. The molecule has 94 valence electrons. The molecule has 0 N–H and O–H groups in total. The van der Waals surface area contributed by atoms with Gasteiger partial charge in [-0.25, -0.2) is 0 Å². The Balaban J connectivity index is 1.72. The van der Waals surface area contributed by atoms with Gasteiger partial charge in [-0.15, -0.1) is 0 Å². The monoisotopic (exact) mass is 361 g/mol. The van der Waals surface area contributed by atoms with Crippen molar-refractivity contribution in [1.29, 1.82) is 0 Å². The molecule has 17 heavy (non-hydrogen) atoms. The zero-order valence-corrected chi connectivity index (χ0v) is 12.9. The van der Waals surface area contributed by atoms with Crippen LogP contribution < -0.4 is 4.74 Å². The van der Waals surface area contributed by atoms with Crippen molar-refractivity contribution in [3.05, 3.63) is 28.7 Å². The average molecular weight is 363 g/mol. The lowest BCUT2D eigenvalue weighted by molar-refractivity contribution is 0.210. The van der Waals surface area contributed by atoms with E-state index in [1.54, 1.807) is 0 Å². The van der Waals surface area contributed by atoms with Crippen LogP contribution in [0.3, 0.4) is 0 Å². The van der Waals surface area contributed by atoms with Gasteiger partial charge in [-0.05, 0) is 37.1 Å². The average Bonchev–Trinajstić information content (AvgIpc) is 3.15. The zero-order valence-electron chi connectivity index (χ0n) is 9.74. The molecule has 1 aliphatic carbocycles. The summed E-state index contributed by atoms with van der Waals surface area (Å²) in [5.74, 6) is 0.947. The second-order valence-corrected chi connectivity index (χ2v) is 5.97. The van der Waals surface area contributed by atoms with E-state index in [1.807, 2.05) is 24.3 Å². The first-order chi connectivity index (χ1) is 8.29. The minimum Gasteiger partial charge on any atom is -0.492 e. The Kier molecular flexibility index (Phi) is 5.32. The van der Waals surface area contributed by atoms with Crippen LogP contribution in [0.2, 0.25) is 0 Å². The van der Waals surface area contributed by atoms with Gasteiger partial charge in [-0.1, -0.05) is 31.9 Å². The molecule has 2 nitrogen and oxygen atoms in total. The Morgan fingerprint density at radius 2 is 1.88 bits per heavy atom. The van der Waals surface area contributed by atoms with Gasteiger partial charge in [0.25, 0.3) is 0 Å². The number of hydrogen-bond donors (Lipinski definition) is 0. The van der Waals surface area contributed by atoms with E-state index >= 15 is 0 Å². The van der Waals surface area contributed by atoms with Crippen molar-refractivity contribution in [2.24, 2.45) is 0 Å². The molecule has 0 radical (unpaired) electrons. The summed E-state index contributed by atoms with van der Waals surface area (Å²) in [6.45, 7) is 2.91. The van der Waals surface area contributed by atoms with E-state index in [0.29, 0.717) is 0 Å². The van der Waals surface area contributed by atoms with Crippen LogP contribution in [-0.4, -0.2) is 36.0 Å². The fourth-order valence-electron chi connectivity index (χ4n) is 1.84. The largest absolute Gasteiger partial charge is 0.492 e. The first-order valence-electron chi connectivity index (χ1n) is 5.98. The molecule has 0 amide bonds. The summed E-state index contributed by atoms with van der Waals surface area (Å²) in [5.41, 5.74) is 0. The third kappa shape index (κ3) is 4.60. The van der Waals surface area contributed by atoms with Gasteiger partial charge in [-0.2, -0.15) is 0 Å². The second kappa shape index (κ2) is 6.76. The van der Waals surface area contributed by atoms with Gasteiger partial charge in [0, 0.05) is 28.9 Å². The van der Waals surface area contributed by atoms with Gasteiger partial charge >= 0.3 is 0 Å². The molecule has 1 fully saturated rings. The maximum absolute atomic E-state index is 5.74. The van der Waals surface area contributed by atoms with Gasteiger partial charge in [0.1, 0.15) is 12.4 Å². The maximum Gasteiger partial charge on any atom is 0.119 e. The van der Waals surface area contributed by atoms with Crippen molar-refractivity contribution in [3.8, 4) is 5.75 Å². The lowest BCUT2D eigenvalue weighted by atomic mass is 10.3. The van der Waals surface area contributed by atoms with Crippen LogP contribution in [0.15, 0.2) is 28.7 Å². The molecule has 0 bridgehead atoms. The fraction of sp³-hybridized carbons (Fsp3) is 0.538. The lowest BCUT2D eigenvalue weighted by Crippen LogP contribution is -2.32. The number of ether oxygens (including phenoxy) is 1. The highest BCUT2D eigenvalue weighted by Crippen LogP contribution is 2.26. The number of rotatable bonds is 7. The first kappa shape index (κ1) is 13.4. The summed E-state index contributed by atoms with van der Waals surface area (Å²) >= 11 is 6.92. The normalized spacial score (nSPS) is 15.2. The Morgan fingerprint density at radius 3 is 2.47 bits per heavy atom. The molecule has 0 aromatic heterocycles. The standard InChI is InChI=1S/C13H17Br2NO/c14-7-8-16(12-3-4-12)9-10-17-13-5-1-11(15)2-6-13/h1-2,5-6,12H,3-4,7-10H2. The molecule has 0 heterocycles. The van der Waals surface area contributed by atoms with Gasteiger partial charge in [-0.3, -0.25) is 4.90 Å². The molecule has 0 unspecified atom stereocenters. The topological polar surface area (TPSA) is 12.5 Å². The van der Waals surface area contributed by atoms with Crippen molar-refractivity contribution in [3.63, 3.8) is 0 Å². The van der Waals surface area contributed by atoms with E-state index in [9.17, 15) is 0 Å². The Bertz CT molecular complexity index is 338. The van der Waals surface area contributed by atoms with Gasteiger partial charge in [0.2, 0.25) is 0 Å². The molecule has 0 atom stereocenters. The second-order valence-electron chi connectivity index (χ2n) is 4.26. The van der Waals surface area contributed by atoms with E-state index in [1.165, 1.54) is 12.8 Å². The summed E-state index contributed by atoms with van der Waals surface area (Å²) in [7, 11) is 0. The van der Waals surface area contributed by atoms with Crippen LogP contribution >= 0.6 is 31.9 Å². The van der Waals surface area contributed by atoms with Crippen LogP contribution in [-0.2, 0) is 0 Å². The maximum atomic E-state index is 5.74. The highest BCUT2D eigenvalue weighted by atomic mass is 79.9. The summed E-state index contributed by atoms with van der Waals surface area (Å²) < 4.78 is 6.82. The van der Waals surface area contributed by atoms with Crippen LogP contribution in [0.4, 0.5) is 0 Å². The summed E-state index contributed by atoms with van der Waals surface area (Å²) in [6.07, 6.45) is 2.70. The Hall–Kier alpha value is -0.0600. The number of benzene rings is 1. The van der Waals surface area contributed by atoms with Crippen molar-refractivity contribution in [1.82, 2.24) is 4.90 Å². The molecule has 0 aliphatic heterocycles. The van der Waals surface area contributed by atoms with E-state index in [-0.39, 0.29) is 0 Å². The highest BCUT2D eigenvalue weighted by molar-refractivity contribution is 9.10. The molecule has 2 rings (SSSR count). The summed E-state index contributed by atoms with van der Waals surface area (Å²) in [4.78, 5) is 2.51. The lowest BCUT2D eigenvalue weighted by Gasteiger charge is -2.20. The third-order valence-corrected chi connectivity index (χ3v) is 3.78. The van der Waals surface area contributed by atoms with Crippen molar-refractivity contribution >= 4 is 31.9 Å². The molecule has 1 aromatic rings. The van der Waals surface area contributed by atoms with E-state index in [4.69, 9.17) is 4.74 Å². The Morgan fingerprint density at radius 1 is 1.18 bits per heavy atom. The van der Waals surface area contributed by atoms with Crippen LogP contribution in [0.25, 0.3) is 0 Å². The predicted molar refractivity (Wildman–Crippen MR) is 78.0 cm³/mol. The molecule has 1 aromatic carbocycles. The van der Waals surface area contributed by atoms with Crippen molar-refractivity contribution < 1.29 is 4.74 Å². The SMILES string of the molecule is BrCCN(CCOc1ccc(Br)cc1)C1CC1. The van der Waals surface area contributed by atoms with Crippen molar-refractivity contribution in [2.75, 3.05) is 25.0 Å². The van der Waals surface area contributed by atoms with Crippen LogP contribution in [0.1, 0.15) is 12.8 Å². The van der Waals surface area contributed by atoms with E-state index in [0.717, 1.165) is 41.3 Å². The number of hydrogen-bond acceptors (Lipinski definition) is 2. The van der Waals surface area contributed by atoms with Crippen LogP contribution in [0.5, 0.6) is 5.75 Å². The van der Waals surface area contributed by atoms with E-state index < -0.39 is 0 Å². The summed E-state index contributed by atoms with van der Waals surface area (Å²) in [5, 5.41) is 1.04. The molecule has 0 spiro atoms. The zero-order chi connectivity index (χ0) is 12.1. The predicted octanol–water partition coefficient (Wildman–Crippen LogP) is 3.69. The minimum atomic E-state index is 0.769. The van der Waals surface area contributed by atoms with Gasteiger partial charge in [0.15, 0.2) is 0 Å². The number of alkyl halides is 1. The molecular weight excluding hydrogens is 346 g/mol. The molecule has 1 aliphatic rings. The Labute approximate surface area is 120 Å².